The first-order valence-corrected chi connectivity index (χ1v) is 32.7. The molecule has 0 aliphatic carbocycles. The van der Waals surface area contributed by atoms with Crippen LogP contribution in [0.5, 0.6) is 34.5 Å². The van der Waals surface area contributed by atoms with Crippen molar-refractivity contribution in [2.24, 2.45) is 9.98 Å². The minimum Gasteiger partial charge on any atom is -0.497 e. The van der Waals surface area contributed by atoms with Crippen LogP contribution >= 0.6 is 0 Å². The maximum Gasteiger partial charge on any atom is 0.407 e. The molecule has 0 radical (unpaired) electrons. The summed E-state index contributed by atoms with van der Waals surface area (Å²) in [6, 6.07) is 25.5. The number of carboxylic acids is 1. The van der Waals surface area contributed by atoms with E-state index in [2.05, 4.69) is 16.0 Å². The van der Waals surface area contributed by atoms with E-state index < -0.39 is 48.7 Å². The molecule has 7 atom stereocenters. The topological polar surface area (TPSA) is 362 Å². The Morgan fingerprint density at radius 1 is 0.590 bits per heavy atom. The van der Waals surface area contributed by atoms with E-state index in [0.29, 0.717) is 109 Å². The van der Waals surface area contributed by atoms with E-state index in [9.17, 15) is 58.8 Å². The van der Waals surface area contributed by atoms with Crippen LogP contribution in [0.1, 0.15) is 107 Å². The maximum absolute atomic E-state index is 14.2. The number of alkyl carbamates (subject to hydrolysis) is 1. The molecule has 28 heteroatoms. The molecule has 0 spiro atoms. The summed E-state index contributed by atoms with van der Waals surface area (Å²) in [6.45, 7) is 0.671. The van der Waals surface area contributed by atoms with E-state index in [1.54, 1.807) is 53.6 Å². The zero-order chi connectivity index (χ0) is 70.6. The van der Waals surface area contributed by atoms with Crippen LogP contribution in [0.4, 0.5) is 21.9 Å². The molecule has 7 N–H and O–H groups in total. The molecule has 6 aliphatic heterocycles. The number of anilines is 1. The average Bonchev–Trinajstić information content (AvgIpc) is 1.61. The quantitative estimate of drug-likeness (QED) is 0.0181. The minimum atomic E-state index is -1.99. The molecule has 524 valence electrons. The molecule has 6 aliphatic rings. The summed E-state index contributed by atoms with van der Waals surface area (Å²) >= 11 is 0. The highest BCUT2D eigenvalue weighted by atomic mass is 16.7. The van der Waals surface area contributed by atoms with Crippen molar-refractivity contribution in [2.75, 3.05) is 52.9 Å². The van der Waals surface area contributed by atoms with Gasteiger partial charge < -0.3 is 84.1 Å². The summed E-state index contributed by atoms with van der Waals surface area (Å²) in [5.74, 6) is -1.43. The van der Waals surface area contributed by atoms with E-state index >= 15 is 0 Å². The number of carbonyl (C=O) groups is 8. The van der Waals surface area contributed by atoms with Gasteiger partial charge in [0.05, 0.1) is 74.8 Å². The van der Waals surface area contributed by atoms with E-state index in [1.807, 2.05) is 60.9 Å². The summed E-state index contributed by atoms with van der Waals surface area (Å²) in [7, 11) is 4.67. The second-order valence-electron chi connectivity index (χ2n) is 24.3. The number of carboxylic acid groups (broad SMARTS) is 1. The van der Waals surface area contributed by atoms with Crippen molar-refractivity contribution in [3.63, 3.8) is 0 Å². The van der Waals surface area contributed by atoms with Gasteiger partial charge in [0.1, 0.15) is 36.4 Å². The number of amides is 7. The number of nitrogens with zero attached hydrogens (tertiary/aromatic N) is 5. The Morgan fingerprint density at radius 3 is 1.73 bits per heavy atom. The molecule has 100 heavy (non-hydrogen) atoms. The number of benzene rings is 5. The highest BCUT2D eigenvalue weighted by molar-refractivity contribution is 6.13. The van der Waals surface area contributed by atoms with Gasteiger partial charge in [-0.3, -0.25) is 43.7 Å². The first-order valence-electron chi connectivity index (χ1n) is 32.7. The number of hydrogen-bond donors (Lipinski definition) is 7. The van der Waals surface area contributed by atoms with Crippen molar-refractivity contribution in [1.29, 1.82) is 0 Å². The highest BCUT2D eigenvalue weighted by Gasteiger charge is 2.48. The Morgan fingerprint density at radius 2 is 1.16 bits per heavy atom. The van der Waals surface area contributed by atoms with Gasteiger partial charge in [-0.05, 0) is 102 Å². The normalized spacial score (nSPS) is 20.3. The molecule has 1 fully saturated rings. The number of hydrogen-bond acceptors (Lipinski definition) is 21. The average molecular weight is 1370 g/mol. The number of ether oxygens (including phenoxy) is 8. The van der Waals surface area contributed by atoms with Gasteiger partial charge in [-0.25, -0.2) is 9.59 Å². The van der Waals surface area contributed by atoms with Gasteiger partial charge in [-0.2, -0.15) is 0 Å². The van der Waals surface area contributed by atoms with Crippen molar-refractivity contribution >= 4 is 88.1 Å². The first-order chi connectivity index (χ1) is 48.4. The number of aliphatic carboxylic acids is 1. The van der Waals surface area contributed by atoms with Crippen LogP contribution in [0.15, 0.2) is 126 Å². The van der Waals surface area contributed by atoms with Gasteiger partial charge in [0.2, 0.25) is 18.1 Å². The Balaban J connectivity index is 0.627. The fraction of sp³-hybridized carbons (Fsp3) is 0.361. The predicted octanol–water partition coefficient (Wildman–Crippen LogP) is 6.91. The lowest BCUT2D eigenvalue weighted by atomic mass is 9.99. The lowest BCUT2D eigenvalue weighted by Gasteiger charge is -2.38. The van der Waals surface area contributed by atoms with Crippen molar-refractivity contribution in [3.8, 4) is 34.5 Å². The Kier molecular flexibility index (Phi) is 22.6. The van der Waals surface area contributed by atoms with E-state index in [-0.39, 0.29) is 92.1 Å². The van der Waals surface area contributed by atoms with Crippen molar-refractivity contribution in [2.45, 2.75) is 120 Å². The number of methoxy groups -OCH3 is 3. The first kappa shape index (κ1) is 70.4. The summed E-state index contributed by atoms with van der Waals surface area (Å²) in [4.78, 5) is 116. The molecule has 5 aromatic rings. The number of fused-ring (bicyclic) bond motifs is 4. The monoisotopic (exact) mass is 1370 g/mol. The van der Waals surface area contributed by atoms with Gasteiger partial charge in [0.15, 0.2) is 29.1 Å². The molecule has 0 bridgehead atoms. The molecule has 2 unspecified atom stereocenters. The molecule has 0 aromatic heterocycles. The van der Waals surface area contributed by atoms with Crippen LogP contribution in [0.3, 0.4) is 0 Å². The lowest BCUT2D eigenvalue weighted by molar-refractivity contribution is -0.271. The molecule has 1 saturated heterocycles. The van der Waals surface area contributed by atoms with Gasteiger partial charge >= 0.3 is 12.1 Å². The van der Waals surface area contributed by atoms with Crippen LogP contribution < -0.4 is 44.4 Å². The summed E-state index contributed by atoms with van der Waals surface area (Å²) in [5.41, 5.74) is 6.53. The standard InChI is InChI=1S/C72H76N8O20/c1-93-49-18-16-44(17-19-49)46-30-48-37-75-53-34-59(57(95-3)32-51(53)69(89)80(48)39-46)97-27-9-5-8-26-96-58-33-52-50(31-56(58)94-2)68(88)79-38-45(29-47(79)36-74-52)43-14-11-41(12-15-43)35-76-72(92)98-40-42-13-20-55(99-71-66(87)64(85)65(86)67(100-71)70(90)91)54(28-42)77-61(82)23-24-73-60(81)10-6-4-7-25-78-62(83)21-22-63(78)84/h11-22,28,31-34,36-39,47-48,64-67,71,85-87H,4-10,23-27,29-30,35,40H2,1-3H3,(H,73,81)(H,76,92)(H,77,82)(H,90,91)/t47-,48-,64?,65-,66-,67?,71+/m0/s1. The SMILES string of the molecule is COc1ccc(C2=CN3C(=O)c4cc(OC)c(OCCCCCOc5cc6c(cc5OC)C(=O)N5C=C(c7ccc(CNC(=O)OCc8ccc(O[C@@H]9OC(C(=O)O)[C@@H](O)C(O)[C@@H]9O)c(NC(=O)CCNC(=O)CCCCCN9C(=O)C=CC9=O)c8)cc7)C[C@H]5C=N6)cc4N=C[C@@H]3C2)cc1. The zero-order valence-electron chi connectivity index (χ0n) is 55.0. The van der Waals surface area contributed by atoms with Crippen LogP contribution in [-0.2, 0) is 46.6 Å². The third-order valence-electron chi connectivity index (χ3n) is 17.6. The third-order valence-corrected chi connectivity index (χ3v) is 17.6. The molecule has 5 aromatic carbocycles. The minimum absolute atomic E-state index is 0.0424. The summed E-state index contributed by atoms with van der Waals surface area (Å²) in [5, 5.41) is 48.9. The predicted molar refractivity (Wildman–Crippen MR) is 361 cm³/mol. The van der Waals surface area contributed by atoms with E-state index in [4.69, 9.17) is 47.9 Å². The number of unbranched alkanes of at least 4 members (excludes halogenated alkanes) is 4. The second-order valence-corrected chi connectivity index (χ2v) is 24.3. The Hall–Kier alpha value is -10.9. The Bertz CT molecular complexity index is 4080. The van der Waals surface area contributed by atoms with Crippen LogP contribution in [0, 0.1) is 0 Å². The van der Waals surface area contributed by atoms with Crippen molar-refractivity contribution in [3.05, 3.63) is 149 Å². The number of carbonyl (C=O) groups excluding carboxylic acids is 7. The largest absolute Gasteiger partial charge is 0.497 e. The Labute approximate surface area is 574 Å². The number of nitrogens with one attached hydrogen (secondary N) is 3. The third kappa shape index (κ3) is 16.6. The van der Waals surface area contributed by atoms with Crippen molar-refractivity contribution < 1.29 is 96.7 Å². The number of aliphatic hydroxyl groups is 3. The van der Waals surface area contributed by atoms with Crippen molar-refractivity contribution in [1.82, 2.24) is 25.3 Å². The number of imide groups is 1. The molecular formula is C72H76N8O20. The van der Waals surface area contributed by atoms with Gasteiger partial charge in [-0.15, -0.1) is 0 Å². The van der Waals surface area contributed by atoms with E-state index in [1.165, 1.54) is 44.6 Å². The van der Waals surface area contributed by atoms with Gasteiger partial charge in [-0.1, -0.05) is 48.9 Å². The maximum atomic E-state index is 14.2. The van der Waals surface area contributed by atoms with Crippen LogP contribution in [0.2, 0.25) is 0 Å². The fourth-order valence-corrected chi connectivity index (χ4v) is 12.0. The summed E-state index contributed by atoms with van der Waals surface area (Å²) in [6.07, 6.45) is 3.90. The molecular weight excluding hydrogens is 1300 g/mol. The van der Waals surface area contributed by atoms with E-state index in [0.717, 1.165) is 44.9 Å². The number of aliphatic hydroxyl groups excluding tert-OH is 3. The molecule has 7 amide bonds. The highest BCUT2D eigenvalue weighted by Crippen LogP contribution is 2.43. The molecule has 6 heterocycles. The smallest absolute Gasteiger partial charge is 0.407 e. The number of rotatable bonds is 30. The van der Waals surface area contributed by atoms with Gasteiger partial charge in [0, 0.05) is 94.4 Å². The molecule has 11 rings (SSSR count). The van der Waals surface area contributed by atoms with Crippen LogP contribution in [-0.4, -0.2) is 185 Å². The fourth-order valence-electron chi connectivity index (χ4n) is 12.0. The molecule has 0 saturated carbocycles. The number of aliphatic imine (C=N–C) groups is 2. The van der Waals surface area contributed by atoms with Crippen LogP contribution in [0.25, 0.3) is 11.1 Å². The van der Waals surface area contributed by atoms with Gasteiger partial charge in [0.25, 0.3) is 23.6 Å². The second kappa shape index (κ2) is 32.2. The zero-order valence-corrected chi connectivity index (χ0v) is 55.0. The molecule has 28 nitrogen and oxygen atoms in total. The summed E-state index contributed by atoms with van der Waals surface area (Å²) < 4.78 is 45.6. The lowest BCUT2D eigenvalue weighted by Crippen LogP contribution is -2.61.